The van der Waals surface area contributed by atoms with Crippen molar-refractivity contribution in [2.45, 2.75) is 52.1 Å². The second-order valence-corrected chi connectivity index (χ2v) is 13.0. The molecule has 11 heteroatoms. The van der Waals surface area contributed by atoms with Crippen LogP contribution in [0.25, 0.3) is 33.3 Å². The van der Waals surface area contributed by atoms with Crippen molar-refractivity contribution >= 4 is 34.0 Å². The van der Waals surface area contributed by atoms with Gasteiger partial charge in [-0.1, -0.05) is 36.1 Å². The minimum atomic E-state index is -0.286. The van der Waals surface area contributed by atoms with Crippen LogP contribution in [-0.2, 0) is 22.6 Å². The first-order chi connectivity index (χ1) is 24.8. The van der Waals surface area contributed by atoms with Crippen LogP contribution >= 0.6 is 0 Å². The fraction of sp³-hybridized carbons (Fsp3) is 0.300. The number of fused-ring (bicyclic) bond motifs is 2. The predicted octanol–water partition coefficient (Wildman–Crippen LogP) is 5.80. The largest absolute Gasteiger partial charge is 0.398 e. The standard InChI is InChI=1S/C40H40N8O3.H2/c1-25(41)37-27(8-6-11-33(37)42)7-3-4-16-43-40(50)34-13-12-30(22-44-34)35-21-29-9-5-10-31(32(29)23-45-35)38-36-24-47(26(2)49)17-18-48(36)39(46-38)28-14-19-51-20-15-28;/h5-6,8-13,21-23,28,41H,4,14-20,24,42H2,1-2H3,(H,43,50);1H. The number of anilines is 1. The topological polar surface area (TPSA) is 152 Å². The van der Waals surface area contributed by atoms with Gasteiger partial charge in [0.1, 0.15) is 11.5 Å². The zero-order valence-corrected chi connectivity index (χ0v) is 28.8. The molecule has 2 amide bonds. The first kappa shape index (κ1) is 33.6. The molecule has 0 atom stereocenters. The van der Waals surface area contributed by atoms with E-state index in [1.165, 1.54) is 0 Å². The quantitative estimate of drug-likeness (QED) is 0.0849. The number of nitrogens with zero attached hydrogens (tertiary/aromatic N) is 5. The summed E-state index contributed by atoms with van der Waals surface area (Å²) in [5.74, 6) is 7.31. The smallest absolute Gasteiger partial charge is 0.269 e. The van der Waals surface area contributed by atoms with E-state index in [0.717, 1.165) is 77.4 Å². The van der Waals surface area contributed by atoms with Gasteiger partial charge in [-0.3, -0.25) is 19.6 Å². The molecule has 4 N–H and O–H groups in total. The Morgan fingerprint density at radius 3 is 2.65 bits per heavy atom. The third kappa shape index (κ3) is 6.96. The van der Waals surface area contributed by atoms with Crippen molar-refractivity contribution in [3.05, 3.63) is 95.3 Å². The van der Waals surface area contributed by atoms with E-state index < -0.39 is 0 Å². The molecule has 0 saturated carbocycles. The third-order valence-corrected chi connectivity index (χ3v) is 9.61. The first-order valence-corrected chi connectivity index (χ1v) is 17.3. The van der Waals surface area contributed by atoms with E-state index in [9.17, 15) is 9.59 Å². The molecule has 260 valence electrons. The summed E-state index contributed by atoms with van der Waals surface area (Å²) in [5, 5.41) is 12.8. The van der Waals surface area contributed by atoms with Crippen molar-refractivity contribution in [3.8, 4) is 34.4 Å². The number of aromatic nitrogens is 4. The molecule has 5 heterocycles. The number of hydrogen-bond acceptors (Lipinski definition) is 8. The molecule has 0 bridgehead atoms. The van der Waals surface area contributed by atoms with Crippen molar-refractivity contribution in [2.24, 2.45) is 0 Å². The van der Waals surface area contributed by atoms with E-state index in [1.54, 1.807) is 32.2 Å². The van der Waals surface area contributed by atoms with Gasteiger partial charge in [0, 0.05) is 105 Å². The molecule has 1 saturated heterocycles. The molecule has 0 spiro atoms. The van der Waals surface area contributed by atoms with E-state index in [0.29, 0.717) is 60.2 Å². The van der Waals surface area contributed by atoms with Crippen LogP contribution in [0.2, 0.25) is 0 Å². The summed E-state index contributed by atoms with van der Waals surface area (Å²) in [5.41, 5.74) is 13.0. The zero-order valence-electron chi connectivity index (χ0n) is 28.8. The van der Waals surface area contributed by atoms with Crippen LogP contribution < -0.4 is 11.1 Å². The number of imidazole rings is 1. The van der Waals surface area contributed by atoms with E-state index in [4.69, 9.17) is 25.8 Å². The minimum absolute atomic E-state index is 0. The summed E-state index contributed by atoms with van der Waals surface area (Å²) in [7, 11) is 0. The Morgan fingerprint density at radius 2 is 1.88 bits per heavy atom. The summed E-state index contributed by atoms with van der Waals surface area (Å²) < 4.78 is 7.97. The van der Waals surface area contributed by atoms with Crippen LogP contribution in [0.1, 0.15) is 73.6 Å². The van der Waals surface area contributed by atoms with Crippen LogP contribution in [-0.4, -0.2) is 68.2 Å². The van der Waals surface area contributed by atoms with Gasteiger partial charge in [-0.2, -0.15) is 0 Å². The number of nitrogen functional groups attached to an aromatic ring is 1. The molecule has 7 rings (SSSR count). The Morgan fingerprint density at radius 1 is 1.06 bits per heavy atom. The maximum absolute atomic E-state index is 12.8. The lowest BCUT2D eigenvalue weighted by Crippen LogP contribution is -2.37. The van der Waals surface area contributed by atoms with E-state index in [-0.39, 0.29) is 13.2 Å². The molecule has 2 aliphatic heterocycles. The molecule has 0 unspecified atom stereocenters. The maximum atomic E-state index is 12.8. The average molecular weight is 683 g/mol. The highest BCUT2D eigenvalue weighted by Gasteiger charge is 2.30. The monoisotopic (exact) mass is 682 g/mol. The summed E-state index contributed by atoms with van der Waals surface area (Å²) >= 11 is 0. The summed E-state index contributed by atoms with van der Waals surface area (Å²) in [6.45, 7) is 7.07. The zero-order chi connectivity index (χ0) is 35.5. The number of amides is 2. The molecular weight excluding hydrogens is 640 g/mol. The average Bonchev–Trinajstić information content (AvgIpc) is 3.53. The number of carbonyl (C=O) groups excluding carboxylic acids is 2. The Kier molecular flexibility index (Phi) is 9.59. The van der Waals surface area contributed by atoms with E-state index >= 15 is 0 Å². The number of ether oxygens (including phenoxy) is 1. The normalized spacial score (nSPS) is 14.4. The third-order valence-electron chi connectivity index (χ3n) is 9.61. The highest BCUT2D eigenvalue weighted by molar-refractivity contribution is 6.03. The molecule has 51 heavy (non-hydrogen) atoms. The molecule has 5 aromatic rings. The minimum Gasteiger partial charge on any atom is -0.398 e. The van der Waals surface area contributed by atoms with Gasteiger partial charge in [0.15, 0.2) is 0 Å². The summed E-state index contributed by atoms with van der Waals surface area (Å²) in [4.78, 5) is 41.6. The van der Waals surface area contributed by atoms with Crippen LogP contribution in [0.15, 0.2) is 67.0 Å². The predicted molar refractivity (Wildman–Crippen MR) is 199 cm³/mol. The number of pyridine rings is 2. The van der Waals surface area contributed by atoms with Crippen LogP contribution in [0.4, 0.5) is 5.69 Å². The molecule has 2 aromatic carbocycles. The highest BCUT2D eigenvalue weighted by Crippen LogP contribution is 2.37. The Hall–Kier alpha value is -5.86. The highest BCUT2D eigenvalue weighted by atomic mass is 16.5. The van der Waals surface area contributed by atoms with Crippen molar-refractivity contribution in [2.75, 3.05) is 32.0 Å². The first-order valence-electron chi connectivity index (χ1n) is 17.3. The molecule has 1 fully saturated rings. The molecule has 11 nitrogen and oxygen atoms in total. The fourth-order valence-electron chi connectivity index (χ4n) is 6.94. The number of nitrogens with two attached hydrogens (primary N) is 1. The van der Waals surface area contributed by atoms with E-state index in [1.807, 2.05) is 41.4 Å². The summed E-state index contributed by atoms with van der Waals surface area (Å²) in [6.07, 6.45) is 5.85. The van der Waals surface area contributed by atoms with Crippen molar-refractivity contribution in [1.29, 1.82) is 5.41 Å². The number of nitrogens with one attached hydrogen (secondary N) is 2. The molecule has 2 aliphatic rings. The molecule has 0 radical (unpaired) electrons. The Labute approximate surface area is 298 Å². The summed E-state index contributed by atoms with van der Waals surface area (Å²) in [6, 6.07) is 17.2. The van der Waals surface area contributed by atoms with Gasteiger partial charge in [0.25, 0.3) is 5.91 Å². The van der Waals surface area contributed by atoms with Crippen LogP contribution in [0.3, 0.4) is 0 Å². The lowest BCUT2D eigenvalue weighted by Gasteiger charge is -2.30. The molecule has 0 aliphatic carbocycles. The number of carbonyl (C=O) groups is 2. The Bertz CT molecular complexity index is 2210. The molecular formula is C40H42N8O3. The number of rotatable bonds is 7. The van der Waals surface area contributed by atoms with Crippen molar-refractivity contribution in [3.63, 3.8) is 0 Å². The van der Waals surface area contributed by atoms with E-state index in [2.05, 4.69) is 38.8 Å². The van der Waals surface area contributed by atoms with Crippen LogP contribution in [0, 0.1) is 17.3 Å². The van der Waals surface area contributed by atoms with Gasteiger partial charge in [-0.15, -0.1) is 0 Å². The molecule has 3 aromatic heterocycles. The van der Waals surface area contributed by atoms with Gasteiger partial charge in [-0.05, 0) is 55.5 Å². The van der Waals surface area contributed by atoms with Gasteiger partial charge < -0.3 is 30.7 Å². The van der Waals surface area contributed by atoms with Crippen molar-refractivity contribution < 1.29 is 15.8 Å². The van der Waals surface area contributed by atoms with Gasteiger partial charge >= 0.3 is 0 Å². The maximum Gasteiger partial charge on any atom is 0.269 e. The Balaban J connectivity index is 0.00000464. The van der Waals surface area contributed by atoms with Gasteiger partial charge in [0.2, 0.25) is 5.91 Å². The second-order valence-electron chi connectivity index (χ2n) is 13.0. The lowest BCUT2D eigenvalue weighted by atomic mass is 9.99. The van der Waals surface area contributed by atoms with Crippen LogP contribution in [0.5, 0.6) is 0 Å². The SMILES string of the molecule is CC(=N)c1c(N)cccc1C#CCCNC(=O)c1ccc(-c2cc3cccc(-c4nc(C5CCOCC5)n5c4CN(C(C)=O)CC5)c3cn2)cn1.[HH]. The fourth-order valence-corrected chi connectivity index (χ4v) is 6.94. The second kappa shape index (κ2) is 14.5. The lowest BCUT2D eigenvalue weighted by molar-refractivity contribution is -0.130. The number of benzene rings is 2. The van der Waals surface area contributed by atoms with Gasteiger partial charge in [-0.25, -0.2) is 4.98 Å². The van der Waals surface area contributed by atoms with Gasteiger partial charge in [0.05, 0.1) is 23.6 Å². The number of hydrogen-bond donors (Lipinski definition) is 3. The van der Waals surface area contributed by atoms with Crippen molar-refractivity contribution in [1.82, 2.24) is 29.7 Å².